The van der Waals surface area contributed by atoms with Gasteiger partial charge in [-0.3, -0.25) is 4.79 Å². The molecule has 4 nitrogen and oxygen atoms in total. The summed E-state index contributed by atoms with van der Waals surface area (Å²) >= 11 is 0. The molecule has 1 fully saturated rings. The van der Waals surface area contributed by atoms with Gasteiger partial charge in [0.2, 0.25) is 0 Å². The Balaban J connectivity index is 2.04. The highest BCUT2D eigenvalue weighted by atomic mass is 16.5. The Morgan fingerprint density at radius 2 is 2.12 bits per heavy atom. The first-order valence-electron chi connectivity index (χ1n) is 5.79. The normalized spacial score (nSPS) is 25.5. The standard InChI is InChI=1S/C13H18N2O2/c1-13(10-15(2)8-9-17-13)12(16)14-11-6-4-3-5-7-11/h3-7H,8-10H2,1-2H3,(H,14,16). The summed E-state index contributed by atoms with van der Waals surface area (Å²) in [7, 11) is 2.00. The predicted molar refractivity (Wildman–Crippen MR) is 66.9 cm³/mol. The van der Waals surface area contributed by atoms with Crippen molar-refractivity contribution < 1.29 is 9.53 Å². The zero-order chi connectivity index (χ0) is 12.3. The number of hydrogen-bond acceptors (Lipinski definition) is 3. The van der Waals surface area contributed by atoms with Gasteiger partial charge in [0.05, 0.1) is 6.61 Å². The maximum Gasteiger partial charge on any atom is 0.257 e. The molecule has 0 bridgehead atoms. The van der Waals surface area contributed by atoms with Crippen LogP contribution in [0.25, 0.3) is 0 Å². The number of likely N-dealkylation sites (N-methyl/N-ethyl adjacent to an activating group) is 1. The van der Waals surface area contributed by atoms with Crippen LogP contribution >= 0.6 is 0 Å². The lowest BCUT2D eigenvalue weighted by atomic mass is 10.0. The summed E-state index contributed by atoms with van der Waals surface area (Å²) in [6.07, 6.45) is 0. The molecule has 1 N–H and O–H groups in total. The largest absolute Gasteiger partial charge is 0.363 e. The third kappa shape index (κ3) is 2.84. The number of carbonyl (C=O) groups is 1. The average molecular weight is 234 g/mol. The Labute approximate surface area is 102 Å². The van der Waals surface area contributed by atoms with Gasteiger partial charge in [-0.2, -0.15) is 0 Å². The number of benzene rings is 1. The molecule has 1 atom stereocenters. The minimum Gasteiger partial charge on any atom is -0.363 e. The van der Waals surface area contributed by atoms with Gasteiger partial charge in [-0.1, -0.05) is 18.2 Å². The fourth-order valence-electron chi connectivity index (χ4n) is 1.99. The van der Waals surface area contributed by atoms with E-state index in [1.807, 2.05) is 44.3 Å². The molecule has 1 aromatic carbocycles. The number of nitrogens with zero attached hydrogens (tertiary/aromatic N) is 1. The number of amides is 1. The lowest BCUT2D eigenvalue weighted by molar-refractivity contribution is -0.149. The van der Waals surface area contributed by atoms with Gasteiger partial charge in [-0.15, -0.1) is 0 Å². The lowest BCUT2D eigenvalue weighted by Crippen LogP contribution is -2.55. The SMILES string of the molecule is CN1CCOC(C)(C(=O)Nc2ccccc2)C1. The second kappa shape index (κ2) is 4.85. The maximum absolute atomic E-state index is 12.2. The van der Waals surface area contributed by atoms with Crippen LogP contribution in [0.3, 0.4) is 0 Å². The molecule has 1 aliphatic heterocycles. The quantitative estimate of drug-likeness (QED) is 0.839. The van der Waals surface area contributed by atoms with E-state index >= 15 is 0 Å². The van der Waals surface area contributed by atoms with E-state index in [-0.39, 0.29) is 5.91 Å². The number of ether oxygens (including phenoxy) is 1. The van der Waals surface area contributed by atoms with Crippen LogP contribution < -0.4 is 5.32 Å². The van der Waals surface area contributed by atoms with Gasteiger partial charge in [-0.05, 0) is 26.1 Å². The summed E-state index contributed by atoms with van der Waals surface area (Å²) in [5.74, 6) is -0.0877. The van der Waals surface area contributed by atoms with Crippen molar-refractivity contribution in [1.82, 2.24) is 4.90 Å². The molecule has 0 aromatic heterocycles. The molecule has 1 amide bonds. The third-order valence-corrected chi connectivity index (χ3v) is 2.98. The molecule has 1 saturated heterocycles. The molecule has 1 heterocycles. The van der Waals surface area contributed by atoms with Gasteiger partial charge < -0.3 is 15.0 Å². The number of hydrogen-bond donors (Lipinski definition) is 1. The van der Waals surface area contributed by atoms with Gasteiger partial charge >= 0.3 is 0 Å². The van der Waals surface area contributed by atoms with E-state index in [2.05, 4.69) is 10.2 Å². The predicted octanol–water partition coefficient (Wildman–Crippen LogP) is 1.35. The van der Waals surface area contributed by atoms with Crippen LogP contribution in [-0.4, -0.2) is 43.2 Å². The minimum absolute atomic E-state index is 0.0877. The van der Waals surface area contributed by atoms with Crippen molar-refractivity contribution in [2.24, 2.45) is 0 Å². The van der Waals surface area contributed by atoms with E-state index in [4.69, 9.17) is 4.74 Å². The minimum atomic E-state index is -0.761. The number of morpholine rings is 1. The van der Waals surface area contributed by atoms with Crippen molar-refractivity contribution in [1.29, 1.82) is 0 Å². The first-order valence-corrected chi connectivity index (χ1v) is 5.79. The van der Waals surface area contributed by atoms with Crippen molar-refractivity contribution in [3.05, 3.63) is 30.3 Å². The number of nitrogens with one attached hydrogen (secondary N) is 1. The smallest absolute Gasteiger partial charge is 0.257 e. The van der Waals surface area contributed by atoms with E-state index in [0.717, 1.165) is 12.2 Å². The molecule has 1 unspecified atom stereocenters. The van der Waals surface area contributed by atoms with Gasteiger partial charge in [-0.25, -0.2) is 0 Å². The zero-order valence-corrected chi connectivity index (χ0v) is 10.3. The summed E-state index contributed by atoms with van der Waals surface area (Å²) in [5.41, 5.74) is 0.0404. The van der Waals surface area contributed by atoms with E-state index in [9.17, 15) is 4.79 Å². The molecule has 2 rings (SSSR count). The van der Waals surface area contributed by atoms with E-state index < -0.39 is 5.60 Å². The van der Waals surface area contributed by atoms with Gasteiger partial charge in [0.1, 0.15) is 0 Å². The summed E-state index contributed by atoms with van der Waals surface area (Å²) in [5, 5.41) is 2.88. The fourth-order valence-corrected chi connectivity index (χ4v) is 1.99. The Hall–Kier alpha value is -1.39. The highest BCUT2D eigenvalue weighted by molar-refractivity contribution is 5.97. The molecule has 92 valence electrons. The lowest BCUT2D eigenvalue weighted by Gasteiger charge is -2.37. The molecule has 0 aliphatic carbocycles. The van der Waals surface area contributed by atoms with Crippen molar-refractivity contribution >= 4 is 11.6 Å². The Kier molecular flexibility index (Phi) is 3.45. The number of anilines is 1. The van der Waals surface area contributed by atoms with Gasteiger partial charge in [0, 0.05) is 18.8 Å². The summed E-state index contributed by atoms with van der Waals surface area (Å²) in [6.45, 7) is 3.91. The van der Waals surface area contributed by atoms with Crippen LogP contribution in [0.1, 0.15) is 6.92 Å². The van der Waals surface area contributed by atoms with E-state index in [1.54, 1.807) is 0 Å². The van der Waals surface area contributed by atoms with Crippen molar-refractivity contribution in [3.8, 4) is 0 Å². The molecule has 1 aliphatic rings. The Bertz CT molecular complexity index is 394. The summed E-state index contributed by atoms with van der Waals surface area (Å²) in [6, 6.07) is 9.45. The number of carbonyl (C=O) groups excluding carboxylic acids is 1. The molecule has 1 aromatic rings. The molecule has 0 spiro atoms. The van der Waals surface area contributed by atoms with Gasteiger partial charge in [0.15, 0.2) is 5.60 Å². The monoisotopic (exact) mass is 234 g/mol. The highest BCUT2D eigenvalue weighted by Gasteiger charge is 2.38. The molecule has 0 saturated carbocycles. The molecule has 4 heteroatoms. The summed E-state index contributed by atoms with van der Waals surface area (Å²) < 4.78 is 5.62. The van der Waals surface area contributed by atoms with E-state index in [0.29, 0.717) is 13.2 Å². The van der Waals surface area contributed by atoms with Crippen LogP contribution in [0.15, 0.2) is 30.3 Å². The van der Waals surface area contributed by atoms with Crippen molar-refractivity contribution in [2.75, 3.05) is 32.1 Å². The first-order chi connectivity index (χ1) is 8.10. The van der Waals surface area contributed by atoms with Crippen LogP contribution in [0.4, 0.5) is 5.69 Å². The fraction of sp³-hybridized carbons (Fsp3) is 0.462. The van der Waals surface area contributed by atoms with Crippen LogP contribution in [0.5, 0.6) is 0 Å². The molecule has 0 radical (unpaired) electrons. The zero-order valence-electron chi connectivity index (χ0n) is 10.3. The van der Waals surface area contributed by atoms with E-state index in [1.165, 1.54) is 0 Å². The van der Waals surface area contributed by atoms with Crippen LogP contribution in [0, 0.1) is 0 Å². The number of rotatable bonds is 2. The average Bonchev–Trinajstić information content (AvgIpc) is 2.30. The highest BCUT2D eigenvalue weighted by Crippen LogP contribution is 2.19. The Morgan fingerprint density at radius 1 is 1.41 bits per heavy atom. The first kappa shape index (κ1) is 12.1. The van der Waals surface area contributed by atoms with Crippen LogP contribution in [-0.2, 0) is 9.53 Å². The van der Waals surface area contributed by atoms with Gasteiger partial charge in [0.25, 0.3) is 5.91 Å². The number of para-hydroxylation sites is 1. The summed E-state index contributed by atoms with van der Waals surface area (Å²) in [4.78, 5) is 14.3. The Morgan fingerprint density at radius 3 is 2.76 bits per heavy atom. The third-order valence-electron chi connectivity index (χ3n) is 2.98. The topological polar surface area (TPSA) is 41.6 Å². The van der Waals surface area contributed by atoms with Crippen LogP contribution in [0.2, 0.25) is 0 Å². The molecular formula is C13H18N2O2. The van der Waals surface area contributed by atoms with Crippen molar-refractivity contribution in [3.63, 3.8) is 0 Å². The van der Waals surface area contributed by atoms with Crippen molar-refractivity contribution in [2.45, 2.75) is 12.5 Å². The molecule has 17 heavy (non-hydrogen) atoms. The maximum atomic E-state index is 12.2. The molecular weight excluding hydrogens is 216 g/mol. The second-order valence-corrected chi connectivity index (χ2v) is 4.64. The second-order valence-electron chi connectivity index (χ2n) is 4.64.